The molecular formula is C12H10BrN5O. The van der Waals surface area contributed by atoms with Crippen molar-refractivity contribution < 1.29 is 4.79 Å². The van der Waals surface area contributed by atoms with E-state index in [4.69, 9.17) is 5.73 Å². The molecule has 0 aliphatic heterocycles. The largest absolute Gasteiger partial charge is 0.324 e. The van der Waals surface area contributed by atoms with Crippen LogP contribution in [0.3, 0.4) is 0 Å². The number of nitrogens with zero attached hydrogens (tertiary/aromatic N) is 4. The second kappa shape index (κ2) is 4.60. The van der Waals surface area contributed by atoms with E-state index in [1.165, 1.54) is 0 Å². The third-order valence-electron chi connectivity index (χ3n) is 2.72. The van der Waals surface area contributed by atoms with Crippen molar-refractivity contribution in [3.05, 3.63) is 47.0 Å². The Balaban J connectivity index is 2.27. The first-order valence-corrected chi connectivity index (χ1v) is 6.40. The monoisotopic (exact) mass is 319 g/mol. The molecule has 7 heteroatoms. The quantitative estimate of drug-likeness (QED) is 0.741. The number of nitrogens with two attached hydrogens (primary N) is 1. The first-order chi connectivity index (χ1) is 9.19. The molecule has 0 saturated carbocycles. The van der Waals surface area contributed by atoms with Gasteiger partial charge in [-0.2, -0.15) is 5.10 Å². The van der Waals surface area contributed by atoms with Crippen molar-refractivity contribution in [3.8, 4) is 5.82 Å². The van der Waals surface area contributed by atoms with E-state index < -0.39 is 0 Å². The highest BCUT2D eigenvalue weighted by atomic mass is 79.9. The molecule has 3 heterocycles. The van der Waals surface area contributed by atoms with Crippen LogP contribution in [-0.2, 0) is 0 Å². The number of carbonyl (C=O) groups is 1. The normalized spacial score (nSPS) is 11.1. The number of ketones is 1. The number of imidazole rings is 1. The van der Waals surface area contributed by atoms with Crippen LogP contribution < -0.4 is 5.73 Å². The Hall–Kier alpha value is -1.99. The van der Waals surface area contributed by atoms with Gasteiger partial charge in [-0.15, -0.1) is 0 Å². The predicted molar refractivity (Wildman–Crippen MR) is 73.4 cm³/mol. The molecule has 0 aliphatic carbocycles. The van der Waals surface area contributed by atoms with Crippen LogP contribution in [-0.4, -0.2) is 31.5 Å². The molecule has 0 unspecified atom stereocenters. The van der Waals surface area contributed by atoms with E-state index in [0.717, 1.165) is 10.3 Å². The molecule has 3 aromatic rings. The van der Waals surface area contributed by atoms with Gasteiger partial charge in [-0.1, -0.05) is 15.9 Å². The maximum atomic E-state index is 11.6. The Morgan fingerprint density at radius 1 is 1.42 bits per heavy atom. The van der Waals surface area contributed by atoms with Crippen molar-refractivity contribution in [1.82, 2.24) is 19.2 Å². The second-order valence-electron chi connectivity index (χ2n) is 3.96. The Labute approximate surface area is 117 Å². The third-order valence-corrected chi connectivity index (χ3v) is 3.18. The van der Waals surface area contributed by atoms with Gasteiger partial charge in [0.25, 0.3) is 0 Å². The van der Waals surface area contributed by atoms with Crippen LogP contribution in [0.1, 0.15) is 10.5 Å². The molecule has 3 aromatic heterocycles. The average Bonchev–Trinajstić information content (AvgIpc) is 3.05. The summed E-state index contributed by atoms with van der Waals surface area (Å²) >= 11 is 3.43. The van der Waals surface area contributed by atoms with E-state index in [9.17, 15) is 4.79 Å². The molecule has 0 radical (unpaired) electrons. The minimum Gasteiger partial charge on any atom is -0.324 e. The summed E-state index contributed by atoms with van der Waals surface area (Å²) in [4.78, 5) is 15.9. The zero-order chi connectivity index (χ0) is 13.4. The first kappa shape index (κ1) is 12.1. The number of aromatic nitrogens is 4. The third kappa shape index (κ3) is 2.06. The minimum absolute atomic E-state index is 0.0534. The minimum atomic E-state index is -0.189. The van der Waals surface area contributed by atoms with Crippen molar-refractivity contribution in [2.24, 2.45) is 5.73 Å². The summed E-state index contributed by atoms with van der Waals surface area (Å²) in [6.45, 7) is -0.0534. The first-order valence-electron chi connectivity index (χ1n) is 5.61. The number of fused-ring (bicyclic) bond motifs is 1. The van der Waals surface area contributed by atoms with Gasteiger partial charge < -0.3 is 5.73 Å². The maximum Gasteiger partial charge on any atom is 0.196 e. The average molecular weight is 320 g/mol. The van der Waals surface area contributed by atoms with Crippen molar-refractivity contribution in [2.75, 3.05) is 6.54 Å². The van der Waals surface area contributed by atoms with Gasteiger partial charge in [-0.05, 0) is 18.2 Å². The lowest BCUT2D eigenvalue weighted by Crippen LogP contribution is -2.13. The summed E-state index contributed by atoms with van der Waals surface area (Å²) in [6, 6.07) is 5.56. The zero-order valence-corrected chi connectivity index (χ0v) is 11.4. The van der Waals surface area contributed by atoms with Crippen LogP contribution in [0, 0.1) is 0 Å². The fourth-order valence-electron chi connectivity index (χ4n) is 1.86. The summed E-state index contributed by atoms with van der Waals surface area (Å²) in [5, 5.41) is 4.19. The van der Waals surface area contributed by atoms with Gasteiger partial charge in [0.2, 0.25) is 0 Å². The smallest absolute Gasteiger partial charge is 0.196 e. The number of pyridine rings is 1. The van der Waals surface area contributed by atoms with Gasteiger partial charge >= 0.3 is 0 Å². The summed E-state index contributed by atoms with van der Waals surface area (Å²) in [5.41, 5.74) is 6.38. The van der Waals surface area contributed by atoms with Crippen LogP contribution >= 0.6 is 15.9 Å². The van der Waals surface area contributed by atoms with Gasteiger partial charge in [-0.25, -0.2) is 9.67 Å². The topological polar surface area (TPSA) is 78.2 Å². The second-order valence-corrected chi connectivity index (χ2v) is 4.88. The lowest BCUT2D eigenvalue weighted by atomic mass is 10.3. The molecular weight excluding hydrogens is 310 g/mol. The summed E-state index contributed by atoms with van der Waals surface area (Å²) < 4.78 is 4.37. The molecule has 0 fully saturated rings. The van der Waals surface area contributed by atoms with Gasteiger partial charge in [0.05, 0.1) is 6.54 Å². The molecule has 96 valence electrons. The van der Waals surface area contributed by atoms with Crippen molar-refractivity contribution in [2.45, 2.75) is 0 Å². The molecule has 0 aliphatic rings. The van der Waals surface area contributed by atoms with E-state index in [1.807, 2.05) is 24.4 Å². The van der Waals surface area contributed by atoms with Crippen molar-refractivity contribution >= 4 is 27.4 Å². The van der Waals surface area contributed by atoms with Gasteiger partial charge in [0, 0.05) is 23.1 Å². The van der Waals surface area contributed by atoms with E-state index in [0.29, 0.717) is 11.3 Å². The van der Waals surface area contributed by atoms with E-state index in [1.54, 1.807) is 21.5 Å². The highest BCUT2D eigenvalue weighted by Gasteiger charge is 2.12. The van der Waals surface area contributed by atoms with Crippen molar-refractivity contribution in [1.29, 1.82) is 0 Å². The molecule has 0 bridgehead atoms. The molecule has 3 rings (SSSR count). The number of hydrogen-bond acceptors (Lipinski definition) is 4. The van der Waals surface area contributed by atoms with E-state index >= 15 is 0 Å². The Bertz CT molecular complexity index is 747. The lowest BCUT2D eigenvalue weighted by Gasteiger charge is -2.05. The summed E-state index contributed by atoms with van der Waals surface area (Å²) in [5.74, 6) is 0.601. The molecule has 0 spiro atoms. The van der Waals surface area contributed by atoms with Crippen LogP contribution in [0.2, 0.25) is 0 Å². The molecule has 6 nitrogen and oxygen atoms in total. The number of halogens is 1. The molecule has 2 N–H and O–H groups in total. The molecule has 0 aromatic carbocycles. The number of hydrogen-bond donors (Lipinski definition) is 1. The number of carbonyl (C=O) groups excluding carboxylic acids is 1. The van der Waals surface area contributed by atoms with Crippen molar-refractivity contribution in [3.63, 3.8) is 0 Å². The van der Waals surface area contributed by atoms with Crippen LogP contribution in [0.5, 0.6) is 0 Å². The van der Waals surface area contributed by atoms with Crippen LogP contribution in [0.25, 0.3) is 11.5 Å². The Morgan fingerprint density at radius 2 is 2.26 bits per heavy atom. The standard InChI is InChI=1S/C12H10BrN5O/c13-8-4-11-16-9(10(19)6-14)7-17(11)12(5-8)18-3-1-2-15-18/h1-5,7H,6,14H2. The van der Waals surface area contributed by atoms with Gasteiger partial charge in [0.1, 0.15) is 17.2 Å². The van der Waals surface area contributed by atoms with Crippen LogP contribution in [0.4, 0.5) is 0 Å². The zero-order valence-electron chi connectivity index (χ0n) is 9.82. The van der Waals surface area contributed by atoms with E-state index in [2.05, 4.69) is 26.0 Å². The van der Waals surface area contributed by atoms with Crippen LogP contribution in [0.15, 0.2) is 41.3 Å². The number of Topliss-reactive ketones (excluding diaryl/α,β-unsaturated/α-hetero) is 1. The molecule has 19 heavy (non-hydrogen) atoms. The lowest BCUT2D eigenvalue weighted by molar-refractivity contribution is 0.0997. The van der Waals surface area contributed by atoms with Gasteiger partial charge in [-0.3, -0.25) is 9.20 Å². The molecule has 0 atom stereocenters. The summed E-state index contributed by atoms with van der Waals surface area (Å²) in [6.07, 6.45) is 5.19. The van der Waals surface area contributed by atoms with E-state index in [-0.39, 0.29) is 12.3 Å². The molecule has 0 saturated heterocycles. The maximum absolute atomic E-state index is 11.6. The molecule has 0 amide bonds. The Morgan fingerprint density at radius 3 is 2.95 bits per heavy atom. The predicted octanol–water partition coefficient (Wildman–Crippen LogP) is 1.42. The highest BCUT2D eigenvalue weighted by Crippen LogP contribution is 2.19. The number of rotatable bonds is 3. The summed E-state index contributed by atoms with van der Waals surface area (Å²) in [7, 11) is 0. The highest BCUT2D eigenvalue weighted by molar-refractivity contribution is 9.10. The Kier molecular flexibility index (Phi) is 2.92. The SMILES string of the molecule is NCC(=O)c1cn2c(-n3cccn3)cc(Br)cc2n1. The van der Waals surface area contributed by atoms with Gasteiger partial charge in [0.15, 0.2) is 5.78 Å². The fourth-order valence-corrected chi connectivity index (χ4v) is 2.27. The fraction of sp³-hybridized carbons (Fsp3) is 0.0833.